The highest BCUT2D eigenvalue weighted by Gasteiger charge is 2.47. The lowest BCUT2D eigenvalue weighted by atomic mass is 9.95. The van der Waals surface area contributed by atoms with E-state index in [-0.39, 0.29) is 23.8 Å². The number of Topliss-reactive ketones (excluding diaryl/α,β-unsaturated/α-hetero) is 1. The van der Waals surface area contributed by atoms with Gasteiger partial charge in [-0.05, 0) is 66.8 Å². The number of rotatable bonds is 6. The van der Waals surface area contributed by atoms with Crippen LogP contribution < -0.4 is 4.74 Å². The van der Waals surface area contributed by atoms with Crippen molar-refractivity contribution in [2.75, 3.05) is 7.11 Å². The number of hydrogen-bond acceptors (Lipinski definition) is 5. The number of furan rings is 1. The summed E-state index contributed by atoms with van der Waals surface area (Å²) in [6, 6.07) is 13.9. The summed E-state index contributed by atoms with van der Waals surface area (Å²) >= 11 is 0. The van der Waals surface area contributed by atoms with Crippen molar-refractivity contribution in [1.82, 2.24) is 4.90 Å². The Labute approximate surface area is 199 Å². The molecule has 0 aliphatic carbocycles. The van der Waals surface area contributed by atoms with Gasteiger partial charge in [0.15, 0.2) is 0 Å². The Morgan fingerprint density at radius 2 is 1.88 bits per heavy atom. The molecule has 1 atom stereocenters. The number of amides is 1. The standard InChI is InChI=1S/C28H29NO5/c1-16(2)21-14-19(10-11-22(21)33-5)26(30)24-25(23-7-6-12-34-23)29(28(32)27(24)31)15-20-13-17(3)8-9-18(20)4/h6-14,16,25,30H,15H2,1-5H3/b26-24-. The number of likely N-dealkylation sites (tertiary alicyclic amines) is 1. The summed E-state index contributed by atoms with van der Waals surface area (Å²) in [7, 11) is 1.59. The number of carbonyl (C=O) groups is 2. The van der Waals surface area contributed by atoms with Crippen LogP contribution in [0, 0.1) is 13.8 Å². The topological polar surface area (TPSA) is 80.0 Å². The summed E-state index contributed by atoms with van der Waals surface area (Å²) in [5, 5.41) is 11.3. The van der Waals surface area contributed by atoms with Crippen molar-refractivity contribution in [1.29, 1.82) is 0 Å². The Morgan fingerprint density at radius 3 is 2.53 bits per heavy atom. The van der Waals surface area contributed by atoms with Crippen LogP contribution in [0.2, 0.25) is 0 Å². The second kappa shape index (κ2) is 9.21. The van der Waals surface area contributed by atoms with E-state index >= 15 is 0 Å². The second-order valence-electron chi connectivity index (χ2n) is 8.98. The molecule has 1 aromatic heterocycles. The predicted octanol–water partition coefficient (Wildman–Crippen LogP) is 5.65. The van der Waals surface area contributed by atoms with Crippen LogP contribution in [0.15, 0.2) is 64.8 Å². The van der Waals surface area contributed by atoms with Gasteiger partial charge in [-0.1, -0.05) is 37.6 Å². The van der Waals surface area contributed by atoms with Crippen molar-refractivity contribution in [3.63, 3.8) is 0 Å². The van der Waals surface area contributed by atoms with Gasteiger partial charge in [0, 0.05) is 12.1 Å². The number of hydrogen-bond donors (Lipinski definition) is 1. The van der Waals surface area contributed by atoms with Crippen LogP contribution >= 0.6 is 0 Å². The maximum Gasteiger partial charge on any atom is 0.296 e. The largest absolute Gasteiger partial charge is 0.507 e. The first-order valence-electron chi connectivity index (χ1n) is 11.3. The molecule has 1 unspecified atom stereocenters. The van der Waals surface area contributed by atoms with Crippen molar-refractivity contribution < 1.29 is 23.8 Å². The van der Waals surface area contributed by atoms with Crippen molar-refractivity contribution in [3.05, 3.63) is 93.9 Å². The zero-order valence-corrected chi connectivity index (χ0v) is 20.1. The summed E-state index contributed by atoms with van der Waals surface area (Å²) in [5.74, 6) is -0.372. The Hall–Kier alpha value is -3.80. The number of aliphatic hydroxyl groups excluding tert-OH is 1. The maximum atomic E-state index is 13.2. The number of methoxy groups -OCH3 is 1. The van der Waals surface area contributed by atoms with E-state index in [2.05, 4.69) is 0 Å². The molecular formula is C28H29NO5. The highest BCUT2D eigenvalue weighted by Crippen LogP contribution is 2.41. The van der Waals surface area contributed by atoms with Crippen molar-refractivity contribution >= 4 is 17.4 Å². The van der Waals surface area contributed by atoms with Gasteiger partial charge in [-0.15, -0.1) is 0 Å². The molecule has 2 aromatic carbocycles. The van der Waals surface area contributed by atoms with Gasteiger partial charge in [-0.2, -0.15) is 0 Å². The van der Waals surface area contributed by atoms with Crippen LogP contribution in [0.5, 0.6) is 5.75 Å². The van der Waals surface area contributed by atoms with E-state index in [4.69, 9.17) is 9.15 Å². The molecule has 1 amide bonds. The molecule has 1 N–H and O–H groups in total. The number of aliphatic hydroxyl groups is 1. The van der Waals surface area contributed by atoms with Crippen LogP contribution in [0.25, 0.3) is 5.76 Å². The molecule has 3 aromatic rings. The number of ketones is 1. The monoisotopic (exact) mass is 459 g/mol. The molecule has 34 heavy (non-hydrogen) atoms. The highest BCUT2D eigenvalue weighted by atomic mass is 16.5. The number of benzene rings is 2. The van der Waals surface area contributed by atoms with Gasteiger partial charge in [0.1, 0.15) is 23.3 Å². The Kier molecular flexibility index (Phi) is 6.33. The van der Waals surface area contributed by atoms with Gasteiger partial charge in [-0.3, -0.25) is 9.59 Å². The fraction of sp³-hybridized carbons (Fsp3) is 0.286. The zero-order chi connectivity index (χ0) is 24.6. The van der Waals surface area contributed by atoms with Gasteiger partial charge < -0.3 is 19.2 Å². The average molecular weight is 460 g/mol. The molecule has 1 aliphatic rings. The van der Waals surface area contributed by atoms with Gasteiger partial charge in [-0.25, -0.2) is 0 Å². The molecule has 1 aliphatic heterocycles. The molecule has 4 rings (SSSR count). The smallest absolute Gasteiger partial charge is 0.296 e. The minimum Gasteiger partial charge on any atom is -0.507 e. The van der Waals surface area contributed by atoms with Gasteiger partial charge >= 0.3 is 0 Å². The number of ether oxygens (including phenoxy) is 1. The molecule has 1 saturated heterocycles. The molecule has 2 heterocycles. The Bertz CT molecular complexity index is 1270. The third kappa shape index (κ3) is 4.12. The average Bonchev–Trinajstić information content (AvgIpc) is 3.43. The molecule has 0 spiro atoms. The summed E-state index contributed by atoms with van der Waals surface area (Å²) in [6.45, 7) is 8.22. The van der Waals surface area contributed by atoms with Crippen molar-refractivity contribution in [2.24, 2.45) is 0 Å². The van der Waals surface area contributed by atoms with E-state index in [1.165, 1.54) is 11.2 Å². The van der Waals surface area contributed by atoms with E-state index in [0.717, 1.165) is 22.3 Å². The Balaban J connectivity index is 1.85. The first kappa shape index (κ1) is 23.4. The minimum absolute atomic E-state index is 0.0186. The molecule has 1 fully saturated rings. The van der Waals surface area contributed by atoms with Crippen LogP contribution in [0.3, 0.4) is 0 Å². The first-order valence-corrected chi connectivity index (χ1v) is 11.3. The third-order valence-electron chi connectivity index (χ3n) is 6.32. The minimum atomic E-state index is -0.834. The second-order valence-corrected chi connectivity index (χ2v) is 8.98. The van der Waals surface area contributed by atoms with E-state index < -0.39 is 17.7 Å². The fourth-order valence-electron chi connectivity index (χ4n) is 4.43. The zero-order valence-electron chi connectivity index (χ0n) is 20.1. The summed E-state index contributed by atoms with van der Waals surface area (Å²) < 4.78 is 11.1. The third-order valence-corrected chi connectivity index (χ3v) is 6.32. The summed E-state index contributed by atoms with van der Waals surface area (Å²) in [6.07, 6.45) is 1.50. The van der Waals surface area contributed by atoms with Crippen LogP contribution in [-0.2, 0) is 16.1 Å². The van der Waals surface area contributed by atoms with Crippen LogP contribution in [0.1, 0.15) is 59.4 Å². The number of nitrogens with zero attached hydrogens (tertiary/aromatic N) is 1. The fourth-order valence-corrected chi connectivity index (χ4v) is 4.43. The van der Waals surface area contributed by atoms with Crippen LogP contribution in [0.4, 0.5) is 0 Å². The number of aryl methyl sites for hydroxylation is 2. The van der Waals surface area contributed by atoms with E-state index in [0.29, 0.717) is 17.1 Å². The van der Waals surface area contributed by atoms with Crippen molar-refractivity contribution in [3.8, 4) is 5.75 Å². The van der Waals surface area contributed by atoms with E-state index in [1.807, 2.05) is 45.9 Å². The molecule has 6 heteroatoms. The quantitative estimate of drug-likeness (QED) is 0.293. The lowest BCUT2D eigenvalue weighted by Crippen LogP contribution is -2.29. The van der Waals surface area contributed by atoms with Gasteiger partial charge in [0.25, 0.3) is 11.7 Å². The van der Waals surface area contributed by atoms with Crippen LogP contribution in [-0.4, -0.2) is 28.8 Å². The lowest BCUT2D eigenvalue weighted by Gasteiger charge is -2.24. The number of carbonyl (C=O) groups excluding carboxylic acids is 2. The lowest BCUT2D eigenvalue weighted by molar-refractivity contribution is -0.140. The van der Waals surface area contributed by atoms with Gasteiger partial charge in [0.05, 0.1) is 18.9 Å². The highest BCUT2D eigenvalue weighted by molar-refractivity contribution is 6.46. The van der Waals surface area contributed by atoms with Crippen molar-refractivity contribution in [2.45, 2.75) is 46.2 Å². The summed E-state index contributed by atoms with van der Waals surface area (Å²) in [5.41, 5.74) is 4.38. The molecular weight excluding hydrogens is 430 g/mol. The predicted molar refractivity (Wildman–Crippen MR) is 130 cm³/mol. The molecule has 0 saturated carbocycles. The van der Waals surface area contributed by atoms with Gasteiger partial charge in [0.2, 0.25) is 0 Å². The molecule has 6 nitrogen and oxygen atoms in total. The molecule has 176 valence electrons. The normalized spacial score (nSPS) is 17.6. The first-order chi connectivity index (χ1) is 16.2. The Morgan fingerprint density at radius 1 is 1.12 bits per heavy atom. The SMILES string of the molecule is COc1ccc(/C(O)=C2/C(=O)C(=O)N(Cc3cc(C)ccc3C)C2c2ccco2)cc1C(C)C. The van der Waals surface area contributed by atoms with E-state index in [9.17, 15) is 14.7 Å². The maximum absolute atomic E-state index is 13.2. The molecule has 0 bridgehead atoms. The summed E-state index contributed by atoms with van der Waals surface area (Å²) in [4.78, 5) is 27.9. The molecule has 0 radical (unpaired) electrons. The van der Waals surface area contributed by atoms with E-state index in [1.54, 1.807) is 37.4 Å².